The summed E-state index contributed by atoms with van der Waals surface area (Å²) in [5.74, 6) is -0.574. The Kier molecular flexibility index (Phi) is 4.55. The number of carbonyl (C=O) groups is 2. The van der Waals surface area contributed by atoms with Gasteiger partial charge in [0.05, 0.1) is 5.92 Å². The number of aliphatic carboxylic acids is 1. The van der Waals surface area contributed by atoms with Crippen LogP contribution in [-0.4, -0.2) is 22.6 Å². The Labute approximate surface area is 98.9 Å². The number of hydrogen-bond acceptors (Lipinski definition) is 3. The largest absolute Gasteiger partial charge is 0.481 e. The van der Waals surface area contributed by atoms with Crippen molar-refractivity contribution >= 4 is 23.5 Å². The fourth-order valence-corrected chi connectivity index (χ4v) is 1.99. The quantitative estimate of drug-likeness (QED) is 0.633. The molecule has 0 spiro atoms. The van der Waals surface area contributed by atoms with Crippen LogP contribution in [0.25, 0.3) is 0 Å². The number of carbonyl (C=O) groups excluding carboxylic acids is 1. The van der Waals surface area contributed by atoms with E-state index in [9.17, 15) is 9.59 Å². The Morgan fingerprint density at radius 1 is 1.31 bits per heavy atom. The summed E-state index contributed by atoms with van der Waals surface area (Å²) in [6, 6.07) is 7.21. The summed E-state index contributed by atoms with van der Waals surface area (Å²) in [5, 5.41) is 8.72. The molecule has 1 rings (SSSR count). The normalized spacial score (nSPS) is 12.1. The third-order valence-corrected chi connectivity index (χ3v) is 3.45. The summed E-state index contributed by atoms with van der Waals surface area (Å²) in [7, 11) is 0. The van der Waals surface area contributed by atoms with Gasteiger partial charge in [-0.1, -0.05) is 19.1 Å². The standard InChI is InChI=1S/C12H14O3S/c1-8(12(14)15)7-16-11-5-3-10(4-6-11)9(2)13/h3-6,8H,7H2,1-2H3,(H,14,15). The summed E-state index contributed by atoms with van der Waals surface area (Å²) in [6.45, 7) is 3.20. The van der Waals surface area contributed by atoms with Crippen LogP contribution in [0.1, 0.15) is 24.2 Å². The minimum absolute atomic E-state index is 0.0375. The number of carboxylic acids is 1. The highest BCUT2D eigenvalue weighted by molar-refractivity contribution is 7.99. The molecule has 1 N–H and O–H groups in total. The zero-order valence-corrected chi connectivity index (χ0v) is 10.1. The maximum absolute atomic E-state index is 11.0. The van der Waals surface area contributed by atoms with Gasteiger partial charge >= 0.3 is 5.97 Å². The van der Waals surface area contributed by atoms with Gasteiger partial charge in [-0.05, 0) is 19.1 Å². The van der Waals surface area contributed by atoms with Gasteiger partial charge in [0.25, 0.3) is 0 Å². The Bertz CT molecular complexity index is 384. The lowest BCUT2D eigenvalue weighted by Gasteiger charge is -2.05. The minimum Gasteiger partial charge on any atom is -0.481 e. The highest BCUT2D eigenvalue weighted by Crippen LogP contribution is 2.21. The van der Waals surface area contributed by atoms with Crippen LogP contribution in [0, 0.1) is 5.92 Å². The predicted octanol–water partition coefficient (Wildman–Crippen LogP) is 2.70. The van der Waals surface area contributed by atoms with Crippen LogP contribution in [0.2, 0.25) is 0 Å². The van der Waals surface area contributed by atoms with Crippen molar-refractivity contribution in [2.75, 3.05) is 5.75 Å². The van der Waals surface area contributed by atoms with Crippen LogP contribution < -0.4 is 0 Å². The second kappa shape index (κ2) is 5.70. The van der Waals surface area contributed by atoms with Gasteiger partial charge in [0.15, 0.2) is 5.78 Å². The van der Waals surface area contributed by atoms with Crippen LogP contribution in [0.3, 0.4) is 0 Å². The summed E-state index contributed by atoms with van der Waals surface area (Å²) >= 11 is 1.49. The molecule has 0 heterocycles. The molecule has 0 aliphatic carbocycles. The van der Waals surface area contributed by atoms with E-state index >= 15 is 0 Å². The molecule has 0 aliphatic rings. The maximum Gasteiger partial charge on any atom is 0.307 e. The molecule has 16 heavy (non-hydrogen) atoms. The van der Waals surface area contributed by atoms with Crippen molar-refractivity contribution in [1.29, 1.82) is 0 Å². The number of thioether (sulfide) groups is 1. The number of carboxylic acid groups (broad SMARTS) is 1. The highest BCUT2D eigenvalue weighted by Gasteiger charge is 2.10. The minimum atomic E-state index is -0.784. The molecule has 1 aromatic rings. The van der Waals surface area contributed by atoms with Gasteiger partial charge in [-0.2, -0.15) is 0 Å². The van der Waals surface area contributed by atoms with Crippen molar-refractivity contribution in [3.05, 3.63) is 29.8 Å². The molecule has 1 aromatic carbocycles. The summed E-state index contributed by atoms with van der Waals surface area (Å²) in [5.41, 5.74) is 0.677. The molecule has 0 saturated heterocycles. The summed E-state index contributed by atoms with van der Waals surface area (Å²) in [4.78, 5) is 22.6. The maximum atomic E-state index is 11.0. The second-order valence-corrected chi connectivity index (χ2v) is 4.72. The van der Waals surface area contributed by atoms with Crippen molar-refractivity contribution in [3.63, 3.8) is 0 Å². The van der Waals surface area contributed by atoms with Gasteiger partial charge < -0.3 is 5.11 Å². The Morgan fingerprint density at radius 2 is 1.88 bits per heavy atom. The van der Waals surface area contributed by atoms with Crippen LogP contribution >= 0.6 is 11.8 Å². The molecule has 4 heteroatoms. The van der Waals surface area contributed by atoms with E-state index in [-0.39, 0.29) is 11.7 Å². The van der Waals surface area contributed by atoms with Gasteiger partial charge in [0, 0.05) is 16.2 Å². The summed E-state index contributed by atoms with van der Waals surface area (Å²) in [6.07, 6.45) is 0. The Morgan fingerprint density at radius 3 is 2.31 bits per heavy atom. The number of benzene rings is 1. The SMILES string of the molecule is CC(=O)c1ccc(SCC(C)C(=O)O)cc1. The average Bonchev–Trinajstić information content (AvgIpc) is 2.26. The molecular weight excluding hydrogens is 224 g/mol. The fraction of sp³-hybridized carbons (Fsp3) is 0.333. The number of ketones is 1. The van der Waals surface area contributed by atoms with E-state index in [1.54, 1.807) is 19.1 Å². The van der Waals surface area contributed by atoms with Crippen molar-refractivity contribution in [2.24, 2.45) is 5.92 Å². The molecule has 3 nitrogen and oxygen atoms in total. The molecule has 86 valence electrons. The highest BCUT2D eigenvalue weighted by atomic mass is 32.2. The van der Waals surface area contributed by atoms with Gasteiger partial charge in [-0.15, -0.1) is 11.8 Å². The van der Waals surface area contributed by atoms with E-state index in [0.717, 1.165) is 4.90 Å². The Hall–Kier alpha value is -1.29. The molecule has 0 amide bonds. The van der Waals surface area contributed by atoms with Gasteiger partial charge in [-0.25, -0.2) is 0 Å². The monoisotopic (exact) mass is 238 g/mol. The van der Waals surface area contributed by atoms with Crippen molar-refractivity contribution in [1.82, 2.24) is 0 Å². The van der Waals surface area contributed by atoms with Crippen molar-refractivity contribution < 1.29 is 14.7 Å². The molecule has 0 radical (unpaired) electrons. The van der Waals surface area contributed by atoms with E-state index in [1.165, 1.54) is 18.7 Å². The zero-order valence-electron chi connectivity index (χ0n) is 9.27. The molecule has 0 bridgehead atoms. The third-order valence-electron chi connectivity index (χ3n) is 2.18. The predicted molar refractivity (Wildman–Crippen MR) is 64.0 cm³/mol. The van der Waals surface area contributed by atoms with E-state index < -0.39 is 5.97 Å². The molecule has 1 unspecified atom stereocenters. The van der Waals surface area contributed by atoms with Gasteiger partial charge in [-0.3, -0.25) is 9.59 Å². The van der Waals surface area contributed by atoms with Crippen LogP contribution in [0.5, 0.6) is 0 Å². The first-order valence-electron chi connectivity index (χ1n) is 4.97. The first kappa shape index (κ1) is 12.8. The average molecular weight is 238 g/mol. The molecule has 0 aliphatic heterocycles. The molecule has 1 atom stereocenters. The zero-order chi connectivity index (χ0) is 12.1. The molecule has 0 aromatic heterocycles. The van der Waals surface area contributed by atoms with Gasteiger partial charge in [0.1, 0.15) is 0 Å². The summed E-state index contributed by atoms with van der Waals surface area (Å²) < 4.78 is 0. The second-order valence-electron chi connectivity index (χ2n) is 3.63. The van der Waals surface area contributed by atoms with Gasteiger partial charge in [0.2, 0.25) is 0 Å². The van der Waals surface area contributed by atoms with E-state index in [0.29, 0.717) is 11.3 Å². The van der Waals surface area contributed by atoms with Crippen molar-refractivity contribution in [2.45, 2.75) is 18.7 Å². The first-order valence-corrected chi connectivity index (χ1v) is 5.96. The smallest absolute Gasteiger partial charge is 0.307 e. The topological polar surface area (TPSA) is 54.4 Å². The molecule has 0 fully saturated rings. The lowest BCUT2D eigenvalue weighted by Crippen LogP contribution is -2.11. The van der Waals surface area contributed by atoms with Crippen LogP contribution in [0.4, 0.5) is 0 Å². The third kappa shape index (κ3) is 3.70. The van der Waals surface area contributed by atoms with Crippen LogP contribution in [-0.2, 0) is 4.79 Å². The lowest BCUT2D eigenvalue weighted by atomic mass is 10.2. The van der Waals surface area contributed by atoms with Crippen LogP contribution in [0.15, 0.2) is 29.2 Å². The molecular formula is C12H14O3S. The molecule has 0 saturated carbocycles. The number of rotatable bonds is 5. The van der Waals surface area contributed by atoms with E-state index in [1.807, 2.05) is 12.1 Å². The van der Waals surface area contributed by atoms with E-state index in [2.05, 4.69) is 0 Å². The Balaban J connectivity index is 2.56. The lowest BCUT2D eigenvalue weighted by molar-refractivity contribution is -0.140. The number of hydrogen-bond donors (Lipinski definition) is 1. The first-order chi connectivity index (χ1) is 7.50. The van der Waals surface area contributed by atoms with E-state index in [4.69, 9.17) is 5.11 Å². The van der Waals surface area contributed by atoms with Crippen molar-refractivity contribution in [3.8, 4) is 0 Å². The fourth-order valence-electron chi connectivity index (χ4n) is 1.08. The number of Topliss-reactive ketones (excluding diaryl/α,β-unsaturated/α-hetero) is 1.